The maximum absolute atomic E-state index is 13.8. The Morgan fingerprint density at radius 1 is 0.731 bits per heavy atom. The zero-order valence-electron chi connectivity index (χ0n) is 27.9. The predicted molar refractivity (Wildman–Crippen MR) is 169 cm³/mol. The summed E-state index contributed by atoms with van der Waals surface area (Å²) in [7, 11) is 0. The maximum Gasteiger partial charge on any atom is 0.303 e. The van der Waals surface area contributed by atoms with E-state index in [-0.39, 0.29) is 11.1 Å². The monoisotopic (exact) mass is 736 g/mol. The molecule has 282 valence electrons. The number of rotatable bonds is 9. The third-order valence-electron chi connectivity index (χ3n) is 8.12. The third kappa shape index (κ3) is 7.83. The Bertz CT molecular complexity index is 1890. The molecule has 2 aliphatic rings. The van der Waals surface area contributed by atoms with Gasteiger partial charge < -0.3 is 73.3 Å². The molecule has 3 aromatic rings. The number of ether oxygens (including phenoxy) is 7. The average molecular weight is 737 g/mol. The van der Waals surface area contributed by atoms with E-state index in [0.29, 0.717) is 0 Å². The third-order valence-corrected chi connectivity index (χ3v) is 8.12. The lowest BCUT2D eigenvalue weighted by Gasteiger charge is -2.44. The highest BCUT2D eigenvalue weighted by Crippen LogP contribution is 2.39. The second kappa shape index (κ2) is 15.2. The largest absolute Gasteiger partial charge is 0.508 e. The quantitative estimate of drug-likeness (QED) is 0.0866. The van der Waals surface area contributed by atoms with Crippen molar-refractivity contribution >= 4 is 28.9 Å². The predicted octanol–water partition coefficient (Wildman–Crippen LogP) is 0.0253. The normalized spacial score (nSPS) is 28.9. The highest BCUT2D eigenvalue weighted by molar-refractivity contribution is 5.88. The molecule has 0 radical (unpaired) electrons. The lowest BCUT2D eigenvalue weighted by molar-refractivity contribution is -0.321. The molecule has 0 bridgehead atoms. The van der Waals surface area contributed by atoms with Gasteiger partial charge in [0, 0.05) is 38.5 Å². The highest BCUT2D eigenvalue weighted by Gasteiger charge is 2.52. The summed E-state index contributed by atoms with van der Waals surface area (Å²) in [4.78, 5) is 49.6. The summed E-state index contributed by atoms with van der Waals surface area (Å²) in [6.07, 6.45) is -16.2. The van der Waals surface area contributed by atoms with Gasteiger partial charge in [-0.15, -0.1) is 0 Å². The minimum Gasteiger partial charge on any atom is -0.508 e. The number of aliphatic hydroxyl groups is 3. The van der Waals surface area contributed by atoms with Crippen molar-refractivity contribution in [1.29, 1.82) is 0 Å². The van der Waals surface area contributed by atoms with Gasteiger partial charge in [0.25, 0.3) is 0 Å². The van der Waals surface area contributed by atoms with Crippen molar-refractivity contribution in [3.05, 3.63) is 40.6 Å². The Hall–Kier alpha value is -5.18. The van der Waals surface area contributed by atoms with E-state index in [1.165, 1.54) is 13.0 Å². The molecule has 19 nitrogen and oxygen atoms in total. The first-order chi connectivity index (χ1) is 24.5. The van der Waals surface area contributed by atoms with Crippen molar-refractivity contribution in [3.63, 3.8) is 0 Å². The van der Waals surface area contributed by atoms with Gasteiger partial charge in [0.15, 0.2) is 41.9 Å². The Labute approximate surface area is 293 Å². The molecule has 10 atom stereocenters. The molecule has 2 saturated heterocycles. The number of phenols is 4. The van der Waals surface area contributed by atoms with Crippen molar-refractivity contribution in [2.75, 3.05) is 6.61 Å². The van der Waals surface area contributed by atoms with Gasteiger partial charge in [0.2, 0.25) is 17.5 Å². The van der Waals surface area contributed by atoms with Crippen molar-refractivity contribution in [2.45, 2.75) is 89.1 Å². The first-order valence-corrected chi connectivity index (χ1v) is 15.7. The lowest BCUT2D eigenvalue weighted by Crippen LogP contribution is -2.63. The minimum absolute atomic E-state index is 0.0626. The van der Waals surface area contributed by atoms with Crippen LogP contribution < -0.4 is 10.2 Å². The number of esters is 3. The number of carbonyl (C=O) groups is 3. The van der Waals surface area contributed by atoms with Gasteiger partial charge in [-0.3, -0.25) is 19.2 Å². The number of aliphatic hydroxyl groups excluding tert-OH is 3. The lowest BCUT2D eigenvalue weighted by atomic mass is 9.98. The van der Waals surface area contributed by atoms with Crippen LogP contribution in [0.3, 0.4) is 0 Å². The Morgan fingerprint density at radius 2 is 1.37 bits per heavy atom. The van der Waals surface area contributed by atoms with Gasteiger partial charge in [-0.25, -0.2) is 0 Å². The van der Waals surface area contributed by atoms with E-state index < -0.39 is 131 Å². The van der Waals surface area contributed by atoms with Crippen molar-refractivity contribution < 1.29 is 87.7 Å². The van der Waals surface area contributed by atoms with Gasteiger partial charge >= 0.3 is 17.9 Å². The van der Waals surface area contributed by atoms with Gasteiger partial charge in [-0.2, -0.15) is 0 Å². The van der Waals surface area contributed by atoms with Crippen molar-refractivity contribution in [3.8, 4) is 40.1 Å². The maximum atomic E-state index is 13.8. The second-order valence-electron chi connectivity index (χ2n) is 12.0. The molecule has 1 aromatic heterocycles. The molecule has 7 N–H and O–H groups in total. The van der Waals surface area contributed by atoms with Crippen LogP contribution in [-0.2, 0) is 42.8 Å². The number of fused-ring (bicyclic) bond motifs is 1. The molecule has 0 amide bonds. The average Bonchev–Trinajstić information content (AvgIpc) is 3.05. The second-order valence-corrected chi connectivity index (χ2v) is 12.0. The van der Waals surface area contributed by atoms with Crippen molar-refractivity contribution in [1.82, 2.24) is 0 Å². The molecule has 5 rings (SSSR count). The molecule has 2 fully saturated rings. The van der Waals surface area contributed by atoms with E-state index in [1.807, 2.05) is 0 Å². The van der Waals surface area contributed by atoms with Crippen LogP contribution in [0.1, 0.15) is 27.7 Å². The van der Waals surface area contributed by atoms with Gasteiger partial charge in [0.1, 0.15) is 46.9 Å². The molecule has 52 heavy (non-hydrogen) atoms. The Morgan fingerprint density at radius 3 is 2.00 bits per heavy atom. The summed E-state index contributed by atoms with van der Waals surface area (Å²) in [5.41, 5.74) is -1.44. The molecule has 0 spiro atoms. The van der Waals surface area contributed by atoms with E-state index in [1.54, 1.807) is 0 Å². The zero-order chi connectivity index (χ0) is 38.2. The van der Waals surface area contributed by atoms with Crippen LogP contribution in [0, 0.1) is 0 Å². The van der Waals surface area contributed by atoms with Crippen LogP contribution in [0.25, 0.3) is 22.3 Å². The molecule has 0 saturated carbocycles. The molecule has 10 unspecified atom stereocenters. The Kier molecular flexibility index (Phi) is 11.1. The van der Waals surface area contributed by atoms with Crippen LogP contribution in [0.4, 0.5) is 0 Å². The molecule has 19 heteroatoms. The minimum atomic E-state index is -2.03. The number of hydrogen-bond acceptors (Lipinski definition) is 19. The van der Waals surface area contributed by atoms with Crippen LogP contribution in [0.15, 0.2) is 39.5 Å². The fraction of sp³-hybridized carbons (Fsp3) is 0.455. The zero-order valence-corrected chi connectivity index (χ0v) is 27.9. The molecule has 2 aromatic carbocycles. The fourth-order valence-corrected chi connectivity index (χ4v) is 5.79. The number of benzene rings is 2. The van der Waals surface area contributed by atoms with E-state index in [9.17, 15) is 54.9 Å². The van der Waals surface area contributed by atoms with Gasteiger partial charge in [0.05, 0.1) is 12.7 Å². The smallest absolute Gasteiger partial charge is 0.303 e. The summed E-state index contributed by atoms with van der Waals surface area (Å²) in [5.74, 6) is -5.94. The first-order valence-electron chi connectivity index (χ1n) is 15.7. The van der Waals surface area contributed by atoms with E-state index in [2.05, 4.69) is 0 Å². The molecule has 2 aliphatic heterocycles. The summed E-state index contributed by atoms with van der Waals surface area (Å²) in [5, 5.41) is 72.5. The number of carbonyl (C=O) groups excluding carboxylic acids is 3. The number of phenolic OH excluding ortho intramolecular Hbond substituents is 4. The number of aromatic hydroxyl groups is 4. The summed E-state index contributed by atoms with van der Waals surface area (Å²) < 4.78 is 44.8. The van der Waals surface area contributed by atoms with Gasteiger partial charge in [-0.05, 0) is 25.1 Å². The fourth-order valence-electron chi connectivity index (χ4n) is 5.79. The summed E-state index contributed by atoms with van der Waals surface area (Å²) in [6.45, 7) is 4.00. The summed E-state index contributed by atoms with van der Waals surface area (Å²) in [6, 6.07) is 5.16. The number of hydrogen-bond donors (Lipinski definition) is 7. The molecular formula is C33H36O19. The van der Waals surface area contributed by atoms with Crippen LogP contribution >= 0.6 is 0 Å². The van der Waals surface area contributed by atoms with E-state index in [4.69, 9.17) is 37.6 Å². The SMILES string of the molecule is CC(=O)OC1C(C)OC(OCC2OC(Oc3c(-c4ccc(O)c(O)c4)oc4cc(O)cc(O)c4c3=O)C(O)C(O)C2O)C(OC(C)=O)C1OC(C)=O. The van der Waals surface area contributed by atoms with Gasteiger partial charge in [-0.1, -0.05) is 0 Å². The van der Waals surface area contributed by atoms with Crippen LogP contribution in [0.2, 0.25) is 0 Å². The standard InChI is InChI=1S/C33H36O19/c1-11-27(47-12(2)34)30(48-13(3)35)31(49-14(4)36)33(46-11)45-10-21-23(41)25(43)26(44)32(51-21)52-29-24(42)22-19(40)8-16(37)9-20(22)50-28(29)15-5-6-17(38)18(39)7-15/h5-9,11,21,23,25-27,30-33,37-41,43-44H,10H2,1-4H3. The van der Waals surface area contributed by atoms with E-state index in [0.717, 1.165) is 45.0 Å². The first kappa shape index (κ1) is 38.1. The topological polar surface area (TPSA) is 288 Å². The highest BCUT2D eigenvalue weighted by atomic mass is 16.7. The van der Waals surface area contributed by atoms with Crippen LogP contribution in [0.5, 0.6) is 28.7 Å². The van der Waals surface area contributed by atoms with Crippen LogP contribution in [-0.4, -0.2) is 122 Å². The molecule has 3 heterocycles. The summed E-state index contributed by atoms with van der Waals surface area (Å²) >= 11 is 0. The molecular weight excluding hydrogens is 700 g/mol. The van der Waals surface area contributed by atoms with E-state index >= 15 is 0 Å². The Balaban J connectivity index is 1.46. The molecule has 0 aliphatic carbocycles. The van der Waals surface area contributed by atoms with Crippen molar-refractivity contribution in [2.24, 2.45) is 0 Å².